The van der Waals surface area contributed by atoms with Crippen molar-refractivity contribution in [2.24, 2.45) is 0 Å². The summed E-state index contributed by atoms with van der Waals surface area (Å²) in [5.74, 6) is 0.615. The molecule has 0 bridgehead atoms. The zero-order valence-corrected chi connectivity index (χ0v) is 18.3. The molecule has 0 saturated carbocycles. The highest BCUT2D eigenvalue weighted by Gasteiger charge is 2.21. The Hall–Kier alpha value is -2.54. The molecule has 7 heteroatoms. The van der Waals surface area contributed by atoms with Crippen LogP contribution >= 0.6 is 0 Å². The second-order valence-corrected chi connectivity index (χ2v) is 9.14. The van der Waals surface area contributed by atoms with E-state index in [0.29, 0.717) is 24.4 Å². The Morgan fingerprint density at radius 2 is 1.86 bits per heavy atom. The number of hydrogen-bond donors (Lipinski definition) is 1. The molecule has 0 aromatic heterocycles. The largest absolute Gasteiger partial charge is 0.495 e. The molecule has 1 unspecified atom stereocenters. The van der Waals surface area contributed by atoms with Crippen molar-refractivity contribution in [2.45, 2.75) is 32.6 Å². The van der Waals surface area contributed by atoms with Crippen molar-refractivity contribution in [1.82, 2.24) is 5.32 Å². The monoisotopic (exact) mass is 418 g/mol. The molecule has 0 fully saturated rings. The van der Waals surface area contributed by atoms with E-state index < -0.39 is 10.0 Å². The molecule has 0 saturated heterocycles. The first kappa shape index (κ1) is 22.7. The quantitative estimate of drug-likeness (QED) is 0.641. The Morgan fingerprint density at radius 1 is 1.17 bits per heavy atom. The van der Waals surface area contributed by atoms with Crippen LogP contribution in [0.1, 0.15) is 36.8 Å². The smallest absolute Gasteiger partial charge is 0.232 e. The average molecular weight is 419 g/mol. The highest BCUT2D eigenvalue weighted by Crippen LogP contribution is 2.31. The molecule has 0 aliphatic rings. The third-order valence-electron chi connectivity index (χ3n) is 4.74. The van der Waals surface area contributed by atoms with Crippen LogP contribution in [0.5, 0.6) is 5.75 Å². The standard InChI is InChI=1S/C22H30N2O4S/c1-17-12-13-21(28-3)20(15-17)24(29(4,26)27)14-8-11-22(25)23-16-18(2)19-9-6-5-7-10-19/h5-7,9-10,12-13,15,18H,8,11,14,16H2,1-4H3,(H,23,25). The number of carbonyl (C=O) groups is 1. The number of sulfonamides is 1. The van der Waals surface area contributed by atoms with Crippen LogP contribution in [0, 0.1) is 6.92 Å². The van der Waals surface area contributed by atoms with Crippen molar-refractivity contribution in [3.63, 3.8) is 0 Å². The minimum Gasteiger partial charge on any atom is -0.495 e. The first-order chi connectivity index (χ1) is 13.7. The second-order valence-electron chi connectivity index (χ2n) is 7.23. The topological polar surface area (TPSA) is 75.7 Å². The number of benzene rings is 2. The number of ether oxygens (including phenoxy) is 1. The van der Waals surface area contributed by atoms with Crippen LogP contribution in [0.4, 0.5) is 5.69 Å². The Morgan fingerprint density at radius 3 is 2.48 bits per heavy atom. The van der Waals surface area contributed by atoms with Gasteiger partial charge in [-0.2, -0.15) is 0 Å². The molecular formula is C22H30N2O4S. The van der Waals surface area contributed by atoms with E-state index in [2.05, 4.69) is 12.2 Å². The maximum atomic E-state index is 12.3. The number of amides is 1. The van der Waals surface area contributed by atoms with Gasteiger partial charge in [-0.1, -0.05) is 43.3 Å². The van der Waals surface area contributed by atoms with Gasteiger partial charge in [0, 0.05) is 19.5 Å². The van der Waals surface area contributed by atoms with Crippen LogP contribution < -0.4 is 14.4 Å². The highest BCUT2D eigenvalue weighted by atomic mass is 32.2. The van der Waals surface area contributed by atoms with Crippen molar-refractivity contribution in [1.29, 1.82) is 0 Å². The summed E-state index contributed by atoms with van der Waals surface area (Å²) >= 11 is 0. The summed E-state index contributed by atoms with van der Waals surface area (Å²) in [6.07, 6.45) is 1.83. The summed E-state index contributed by atoms with van der Waals surface area (Å²) in [5, 5.41) is 2.93. The van der Waals surface area contributed by atoms with E-state index >= 15 is 0 Å². The van der Waals surface area contributed by atoms with E-state index in [9.17, 15) is 13.2 Å². The van der Waals surface area contributed by atoms with Crippen LogP contribution in [0.3, 0.4) is 0 Å². The Bertz CT molecular complexity index is 914. The number of rotatable bonds is 10. The minimum atomic E-state index is -3.51. The molecule has 0 spiro atoms. The SMILES string of the molecule is COc1ccc(C)cc1N(CCCC(=O)NCC(C)c1ccccc1)S(C)(=O)=O. The molecule has 2 aromatic rings. The van der Waals surface area contributed by atoms with Gasteiger partial charge in [0.25, 0.3) is 0 Å². The van der Waals surface area contributed by atoms with Crippen LogP contribution in [0.15, 0.2) is 48.5 Å². The lowest BCUT2D eigenvalue weighted by molar-refractivity contribution is -0.121. The Balaban J connectivity index is 1.94. The van der Waals surface area contributed by atoms with Crippen molar-refractivity contribution >= 4 is 21.6 Å². The van der Waals surface area contributed by atoms with E-state index in [1.807, 2.05) is 43.3 Å². The van der Waals surface area contributed by atoms with Crippen LogP contribution in [-0.2, 0) is 14.8 Å². The third-order valence-corrected chi connectivity index (χ3v) is 5.92. The van der Waals surface area contributed by atoms with Gasteiger partial charge in [0.2, 0.25) is 15.9 Å². The van der Waals surface area contributed by atoms with Crippen LogP contribution in [0.25, 0.3) is 0 Å². The number of aryl methyl sites for hydroxylation is 1. The molecule has 1 atom stereocenters. The molecule has 29 heavy (non-hydrogen) atoms. The van der Waals surface area contributed by atoms with Gasteiger partial charge < -0.3 is 10.1 Å². The fraction of sp³-hybridized carbons (Fsp3) is 0.409. The summed E-state index contributed by atoms with van der Waals surface area (Å²) < 4.78 is 31.3. The zero-order valence-electron chi connectivity index (χ0n) is 17.5. The van der Waals surface area contributed by atoms with E-state index in [1.165, 1.54) is 17.0 Å². The Kier molecular flexibility index (Phi) is 8.08. The first-order valence-corrected chi connectivity index (χ1v) is 11.5. The van der Waals surface area contributed by atoms with E-state index in [4.69, 9.17) is 4.74 Å². The van der Waals surface area contributed by atoms with Gasteiger partial charge in [-0.25, -0.2) is 8.42 Å². The Labute approximate surface area is 173 Å². The minimum absolute atomic E-state index is 0.0857. The molecular weight excluding hydrogens is 388 g/mol. The van der Waals surface area contributed by atoms with Crippen molar-refractivity contribution in [2.75, 3.05) is 30.8 Å². The number of anilines is 1. The number of nitrogens with one attached hydrogen (secondary N) is 1. The van der Waals surface area contributed by atoms with Crippen molar-refractivity contribution in [3.05, 3.63) is 59.7 Å². The first-order valence-electron chi connectivity index (χ1n) is 9.66. The fourth-order valence-electron chi connectivity index (χ4n) is 3.10. The van der Waals surface area contributed by atoms with Gasteiger partial charge >= 0.3 is 0 Å². The average Bonchev–Trinajstić information content (AvgIpc) is 2.69. The van der Waals surface area contributed by atoms with Gasteiger partial charge in [-0.15, -0.1) is 0 Å². The molecule has 0 radical (unpaired) electrons. The molecule has 0 aliphatic carbocycles. The second kappa shape index (κ2) is 10.3. The molecule has 6 nitrogen and oxygen atoms in total. The number of carbonyl (C=O) groups excluding carboxylic acids is 1. The lowest BCUT2D eigenvalue weighted by atomic mass is 10.0. The van der Waals surface area contributed by atoms with E-state index in [1.54, 1.807) is 12.1 Å². The maximum absolute atomic E-state index is 12.3. The predicted octanol–water partition coefficient (Wildman–Crippen LogP) is 3.47. The lowest BCUT2D eigenvalue weighted by Crippen LogP contribution is -2.33. The van der Waals surface area contributed by atoms with Gasteiger partial charge in [-0.05, 0) is 42.5 Å². The molecule has 158 valence electrons. The number of nitrogens with zero attached hydrogens (tertiary/aromatic N) is 1. The molecule has 1 N–H and O–H groups in total. The molecule has 2 rings (SSSR count). The van der Waals surface area contributed by atoms with Gasteiger partial charge in [0.1, 0.15) is 5.75 Å². The molecule has 0 heterocycles. The van der Waals surface area contributed by atoms with Crippen LogP contribution in [-0.4, -0.2) is 40.8 Å². The lowest BCUT2D eigenvalue weighted by Gasteiger charge is -2.24. The van der Waals surface area contributed by atoms with Crippen LogP contribution in [0.2, 0.25) is 0 Å². The summed E-state index contributed by atoms with van der Waals surface area (Å²) in [5.41, 5.74) is 2.60. The van der Waals surface area contributed by atoms with Gasteiger partial charge in [0.05, 0.1) is 19.1 Å². The molecule has 1 amide bonds. The summed E-state index contributed by atoms with van der Waals surface area (Å²) in [4.78, 5) is 12.2. The van der Waals surface area contributed by atoms with Gasteiger partial charge in [0.15, 0.2) is 0 Å². The van der Waals surface area contributed by atoms with Crippen molar-refractivity contribution < 1.29 is 17.9 Å². The highest BCUT2D eigenvalue weighted by molar-refractivity contribution is 7.92. The predicted molar refractivity (Wildman–Crippen MR) is 117 cm³/mol. The summed E-state index contributed by atoms with van der Waals surface area (Å²) in [6, 6.07) is 15.4. The fourth-order valence-corrected chi connectivity index (χ4v) is 4.06. The molecule has 2 aromatic carbocycles. The number of methoxy groups -OCH3 is 1. The molecule has 0 aliphatic heterocycles. The normalized spacial score (nSPS) is 12.3. The van der Waals surface area contributed by atoms with E-state index in [0.717, 1.165) is 11.8 Å². The third kappa shape index (κ3) is 6.78. The summed E-state index contributed by atoms with van der Waals surface area (Å²) in [6.45, 7) is 4.71. The van der Waals surface area contributed by atoms with Crippen molar-refractivity contribution in [3.8, 4) is 5.75 Å². The zero-order chi connectivity index (χ0) is 21.4. The van der Waals surface area contributed by atoms with Gasteiger partial charge in [-0.3, -0.25) is 9.10 Å². The number of hydrogen-bond acceptors (Lipinski definition) is 4. The van der Waals surface area contributed by atoms with E-state index in [-0.39, 0.29) is 24.8 Å². The maximum Gasteiger partial charge on any atom is 0.232 e. The summed E-state index contributed by atoms with van der Waals surface area (Å²) in [7, 11) is -2.00.